The zero-order valence-electron chi connectivity index (χ0n) is 18.8. The standard InChI is InChI=1S/C26H28Cl2N2O4/c27-19-14-20(28)16-21(15-19)29-25(32)12-8-17-7-10-22-18(13-17)9-11-23(22)30-24(31)5-3-1-2-4-6-26(33)34/h7-8,10,12-16,23H,1-6,9,11H2,(H,29,32)(H,30,31)(H,33,34). The van der Waals surface area contributed by atoms with Gasteiger partial charge in [-0.25, -0.2) is 0 Å². The largest absolute Gasteiger partial charge is 0.481 e. The average Bonchev–Trinajstić information content (AvgIpc) is 3.15. The molecule has 0 radical (unpaired) electrons. The van der Waals surface area contributed by atoms with Gasteiger partial charge in [0, 0.05) is 34.7 Å². The number of benzene rings is 2. The van der Waals surface area contributed by atoms with Crippen LogP contribution >= 0.6 is 23.2 Å². The molecule has 1 unspecified atom stereocenters. The molecule has 180 valence electrons. The zero-order chi connectivity index (χ0) is 24.5. The van der Waals surface area contributed by atoms with Gasteiger partial charge in [-0.3, -0.25) is 14.4 Å². The molecule has 2 amide bonds. The Morgan fingerprint density at radius 3 is 2.38 bits per heavy atom. The first-order chi connectivity index (χ1) is 16.3. The molecule has 1 aliphatic rings. The highest BCUT2D eigenvalue weighted by molar-refractivity contribution is 6.35. The van der Waals surface area contributed by atoms with Crippen molar-refractivity contribution in [3.8, 4) is 0 Å². The highest BCUT2D eigenvalue weighted by atomic mass is 35.5. The fraction of sp³-hybridized carbons (Fsp3) is 0.346. The molecule has 2 aromatic carbocycles. The summed E-state index contributed by atoms with van der Waals surface area (Å²) in [6.07, 6.45) is 8.66. The lowest BCUT2D eigenvalue weighted by molar-refractivity contribution is -0.137. The van der Waals surface area contributed by atoms with Crippen LogP contribution in [0.15, 0.2) is 42.5 Å². The third-order valence-corrected chi connectivity index (χ3v) is 6.12. The molecular weight excluding hydrogens is 475 g/mol. The zero-order valence-corrected chi connectivity index (χ0v) is 20.3. The van der Waals surface area contributed by atoms with Crippen molar-refractivity contribution in [1.29, 1.82) is 0 Å². The summed E-state index contributed by atoms with van der Waals surface area (Å²) in [4.78, 5) is 35.1. The first kappa shape index (κ1) is 25.8. The minimum atomic E-state index is -0.775. The van der Waals surface area contributed by atoms with Crippen LogP contribution in [0.3, 0.4) is 0 Å². The molecule has 34 heavy (non-hydrogen) atoms. The fourth-order valence-corrected chi connectivity index (χ4v) is 4.58. The summed E-state index contributed by atoms with van der Waals surface area (Å²) in [7, 11) is 0. The van der Waals surface area contributed by atoms with Crippen LogP contribution in [0.25, 0.3) is 6.08 Å². The molecule has 1 aliphatic carbocycles. The number of carbonyl (C=O) groups excluding carboxylic acids is 2. The Labute approximate surface area is 209 Å². The number of carboxylic acid groups (broad SMARTS) is 1. The van der Waals surface area contributed by atoms with Crippen molar-refractivity contribution >= 4 is 52.7 Å². The van der Waals surface area contributed by atoms with E-state index in [0.717, 1.165) is 43.2 Å². The summed E-state index contributed by atoms with van der Waals surface area (Å²) in [5, 5.41) is 15.4. The van der Waals surface area contributed by atoms with Gasteiger partial charge in [0.25, 0.3) is 0 Å². The predicted molar refractivity (Wildman–Crippen MR) is 135 cm³/mol. The molecule has 6 nitrogen and oxygen atoms in total. The number of aryl methyl sites for hydroxylation is 1. The molecule has 0 heterocycles. The summed E-state index contributed by atoms with van der Waals surface area (Å²) in [6, 6.07) is 10.8. The minimum Gasteiger partial charge on any atom is -0.481 e. The second-order valence-electron chi connectivity index (χ2n) is 8.41. The van der Waals surface area contributed by atoms with Crippen molar-refractivity contribution in [2.24, 2.45) is 0 Å². The van der Waals surface area contributed by atoms with Gasteiger partial charge in [-0.1, -0.05) is 54.2 Å². The molecule has 8 heteroatoms. The molecule has 0 aliphatic heterocycles. The van der Waals surface area contributed by atoms with E-state index in [1.807, 2.05) is 18.2 Å². The number of unbranched alkanes of at least 4 members (excludes halogenated alkanes) is 3. The first-order valence-corrected chi connectivity index (χ1v) is 12.1. The maximum absolute atomic E-state index is 12.3. The Bertz CT molecular complexity index is 1060. The summed E-state index contributed by atoms with van der Waals surface area (Å²) < 4.78 is 0. The van der Waals surface area contributed by atoms with Crippen LogP contribution in [0.2, 0.25) is 10.0 Å². The van der Waals surface area contributed by atoms with Gasteiger partial charge < -0.3 is 15.7 Å². The van der Waals surface area contributed by atoms with Gasteiger partial charge in [-0.05, 0) is 66.6 Å². The Morgan fingerprint density at radius 2 is 1.68 bits per heavy atom. The molecule has 0 aromatic heterocycles. The van der Waals surface area contributed by atoms with Crippen molar-refractivity contribution in [2.45, 2.75) is 57.4 Å². The Balaban J connectivity index is 1.47. The number of rotatable bonds is 11. The highest BCUT2D eigenvalue weighted by Gasteiger charge is 2.23. The third-order valence-electron chi connectivity index (χ3n) is 5.68. The number of fused-ring (bicyclic) bond motifs is 1. The quantitative estimate of drug-likeness (QED) is 0.252. The van der Waals surface area contributed by atoms with Gasteiger partial charge in [-0.2, -0.15) is 0 Å². The van der Waals surface area contributed by atoms with Crippen molar-refractivity contribution in [3.63, 3.8) is 0 Å². The van der Waals surface area contributed by atoms with Crippen molar-refractivity contribution in [1.82, 2.24) is 5.32 Å². The van der Waals surface area contributed by atoms with E-state index in [1.54, 1.807) is 24.3 Å². The topological polar surface area (TPSA) is 95.5 Å². The highest BCUT2D eigenvalue weighted by Crippen LogP contribution is 2.32. The van der Waals surface area contributed by atoms with E-state index >= 15 is 0 Å². The second kappa shape index (κ2) is 12.6. The van der Waals surface area contributed by atoms with Crippen LogP contribution in [0.1, 0.15) is 67.7 Å². The van der Waals surface area contributed by atoms with Gasteiger partial charge in [0.05, 0.1) is 6.04 Å². The van der Waals surface area contributed by atoms with E-state index in [-0.39, 0.29) is 24.3 Å². The summed E-state index contributed by atoms with van der Waals surface area (Å²) in [5.74, 6) is -1.03. The van der Waals surface area contributed by atoms with Gasteiger partial charge >= 0.3 is 5.97 Å². The van der Waals surface area contributed by atoms with E-state index in [0.29, 0.717) is 28.6 Å². The minimum absolute atomic E-state index is 0.00316. The van der Waals surface area contributed by atoms with Crippen LogP contribution in [0.5, 0.6) is 0 Å². The SMILES string of the molecule is O=C(O)CCCCCCC(=O)NC1CCc2cc(C=CC(=O)Nc3cc(Cl)cc(Cl)c3)ccc21. The molecule has 2 aromatic rings. The van der Waals surface area contributed by atoms with Crippen LogP contribution in [0.4, 0.5) is 5.69 Å². The number of anilines is 1. The number of aliphatic carboxylic acids is 1. The lowest BCUT2D eigenvalue weighted by Gasteiger charge is -2.14. The van der Waals surface area contributed by atoms with Crippen LogP contribution in [0, 0.1) is 0 Å². The Kier molecular flexibility index (Phi) is 9.54. The maximum Gasteiger partial charge on any atom is 0.303 e. The van der Waals surface area contributed by atoms with Crippen LogP contribution < -0.4 is 10.6 Å². The smallest absolute Gasteiger partial charge is 0.303 e. The molecule has 0 spiro atoms. The summed E-state index contributed by atoms with van der Waals surface area (Å²) in [6.45, 7) is 0. The van der Waals surface area contributed by atoms with Crippen molar-refractivity contribution < 1.29 is 19.5 Å². The molecule has 0 saturated heterocycles. The summed E-state index contributed by atoms with van der Waals surface area (Å²) in [5.41, 5.74) is 3.72. The normalized spacial score (nSPS) is 14.7. The number of nitrogens with one attached hydrogen (secondary N) is 2. The van der Waals surface area contributed by atoms with Crippen molar-refractivity contribution in [2.75, 3.05) is 5.32 Å². The van der Waals surface area contributed by atoms with Gasteiger partial charge in [0.1, 0.15) is 0 Å². The Morgan fingerprint density at radius 1 is 0.971 bits per heavy atom. The maximum atomic E-state index is 12.3. The average molecular weight is 503 g/mol. The first-order valence-electron chi connectivity index (χ1n) is 11.4. The van der Waals surface area contributed by atoms with Crippen LogP contribution in [-0.4, -0.2) is 22.9 Å². The fourth-order valence-electron chi connectivity index (χ4n) is 4.05. The molecule has 0 bridgehead atoms. The van der Waals surface area contributed by atoms with E-state index in [4.69, 9.17) is 28.3 Å². The second-order valence-corrected chi connectivity index (χ2v) is 9.28. The van der Waals surface area contributed by atoms with E-state index in [1.165, 1.54) is 11.6 Å². The van der Waals surface area contributed by atoms with Gasteiger partial charge in [-0.15, -0.1) is 0 Å². The number of hydrogen-bond acceptors (Lipinski definition) is 3. The van der Waals surface area contributed by atoms with Gasteiger partial charge in [0.15, 0.2) is 0 Å². The van der Waals surface area contributed by atoms with E-state index in [2.05, 4.69) is 10.6 Å². The molecule has 3 N–H and O–H groups in total. The van der Waals surface area contributed by atoms with Gasteiger partial charge in [0.2, 0.25) is 11.8 Å². The lowest BCUT2D eigenvalue weighted by Crippen LogP contribution is -2.26. The lowest BCUT2D eigenvalue weighted by atomic mass is 10.0. The molecular formula is C26H28Cl2N2O4. The number of carbonyl (C=O) groups is 3. The number of amides is 2. The van der Waals surface area contributed by atoms with E-state index in [9.17, 15) is 14.4 Å². The van der Waals surface area contributed by atoms with E-state index < -0.39 is 5.97 Å². The predicted octanol–water partition coefficient (Wildman–Crippen LogP) is 6.17. The molecule has 0 saturated carbocycles. The molecule has 1 atom stereocenters. The summed E-state index contributed by atoms with van der Waals surface area (Å²) >= 11 is 11.9. The Hall–Kier alpha value is -2.83. The molecule has 0 fully saturated rings. The third kappa shape index (κ3) is 8.19. The number of halogens is 2. The molecule has 3 rings (SSSR count). The number of carboxylic acids is 1. The van der Waals surface area contributed by atoms with Crippen molar-refractivity contribution in [3.05, 3.63) is 69.2 Å². The monoisotopic (exact) mass is 502 g/mol. The number of hydrogen-bond donors (Lipinski definition) is 3. The van der Waals surface area contributed by atoms with Crippen LogP contribution in [-0.2, 0) is 20.8 Å².